The molecule has 0 bridgehead atoms. The fourth-order valence-electron chi connectivity index (χ4n) is 1.70. The van der Waals surface area contributed by atoms with Gasteiger partial charge in [-0.15, -0.1) is 0 Å². The van der Waals surface area contributed by atoms with Crippen LogP contribution in [0, 0.1) is 0 Å². The van der Waals surface area contributed by atoms with E-state index in [0.717, 1.165) is 23.2 Å². The molecule has 0 amide bonds. The highest BCUT2D eigenvalue weighted by Gasteiger charge is 2.05. The maximum atomic E-state index is 5.83. The quantitative estimate of drug-likeness (QED) is 0.601. The largest absolute Gasteiger partial charge is 0.492 e. The Morgan fingerprint density at radius 2 is 1.94 bits per heavy atom. The molecule has 0 aliphatic carbocycles. The topological polar surface area (TPSA) is 9.23 Å². The zero-order valence-corrected chi connectivity index (χ0v) is 12.7. The van der Waals surface area contributed by atoms with Gasteiger partial charge in [-0.05, 0) is 46.0 Å². The minimum Gasteiger partial charge on any atom is -0.492 e. The standard InChI is InChI=1S/C15H23BrO/c1-4-5-6-7-10-17-15-11-13(12(2)3)8-9-14(15)16/h8-9,11-12H,4-7,10H2,1-3H3. The van der Waals surface area contributed by atoms with E-state index in [1.807, 2.05) is 0 Å². The van der Waals surface area contributed by atoms with Crippen molar-refractivity contribution in [1.82, 2.24) is 0 Å². The molecule has 1 aromatic rings. The predicted octanol–water partition coefficient (Wildman–Crippen LogP) is 5.53. The smallest absolute Gasteiger partial charge is 0.133 e. The predicted molar refractivity (Wildman–Crippen MR) is 77.9 cm³/mol. The first kappa shape index (κ1) is 14.6. The van der Waals surface area contributed by atoms with Crippen molar-refractivity contribution >= 4 is 15.9 Å². The third-order valence-corrected chi connectivity index (χ3v) is 3.53. The molecule has 1 rings (SSSR count). The summed E-state index contributed by atoms with van der Waals surface area (Å²) in [5.41, 5.74) is 1.33. The van der Waals surface area contributed by atoms with Crippen LogP contribution >= 0.6 is 15.9 Å². The number of hydrogen-bond donors (Lipinski definition) is 0. The van der Waals surface area contributed by atoms with E-state index in [4.69, 9.17) is 4.74 Å². The first-order valence-electron chi connectivity index (χ1n) is 6.57. The van der Waals surface area contributed by atoms with Crippen molar-refractivity contribution in [2.24, 2.45) is 0 Å². The molecule has 17 heavy (non-hydrogen) atoms. The van der Waals surface area contributed by atoms with Crippen LogP contribution in [-0.2, 0) is 0 Å². The molecule has 0 saturated heterocycles. The van der Waals surface area contributed by atoms with Crippen molar-refractivity contribution in [1.29, 1.82) is 0 Å². The van der Waals surface area contributed by atoms with Crippen molar-refractivity contribution in [2.75, 3.05) is 6.61 Å². The molecular weight excluding hydrogens is 276 g/mol. The van der Waals surface area contributed by atoms with E-state index in [1.165, 1.54) is 24.8 Å². The Morgan fingerprint density at radius 1 is 1.18 bits per heavy atom. The Kier molecular flexibility index (Phi) is 6.64. The SMILES string of the molecule is CCCCCCOc1cc(C(C)C)ccc1Br. The fourth-order valence-corrected chi connectivity index (χ4v) is 2.06. The van der Waals surface area contributed by atoms with Gasteiger partial charge in [0.1, 0.15) is 5.75 Å². The summed E-state index contributed by atoms with van der Waals surface area (Å²) in [4.78, 5) is 0. The average Bonchev–Trinajstić information content (AvgIpc) is 2.30. The first-order chi connectivity index (χ1) is 8.15. The average molecular weight is 299 g/mol. The van der Waals surface area contributed by atoms with Gasteiger partial charge in [0.05, 0.1) is 11.1 Å². The van der Waals surface area contributed by atoms with Crippen molar-refractivity contribution < 1.29 is 4.74 Å². The normalized spacial score (nSPS) is 10.9. The van der Waals surface area contributed by atoms with Crippen molar-refractivity contribution in [3.8, 4) is 5.75 Å². The van der Waals surface area contributed by atoms with Crippen LogP contribution in [0.25, 0.3) is 0 Å². The first-order valence-corrected chi connectivity index (χ1v) is 7.36. The van der Waals surface area contributed by atoms with Gasteiger partial charge in [0.2, 0.25) is 0 Å². The van der Waals surface area contributed by atoms with E-state index in [0.29, 0.717) is 5.92 Å². The summed E-state index contributed by atoms with van der Waals surface area (Å²) in [6.45, 7) is 7.45. The van der Waals surface area contributed by atoms with Crippen molar-refractivity contribution in [3.05, 3.63) is 28.2 Å². The summed E-state index contributed by atoms with van der Waals surface area (Å²) in [7, 11) is 0. The van der Waals surface area contributed by atoms with Crippen LogP contribution in [0.2, 0.25) is 0 Å². The second-order valence-corrected chi connectivity index (χ2v) is 5.61. The Hall–Kier alpha value is -0.500. The van der Waals surface area contributed by atoms with Gasteiger partial charge in [0.15, 0.2) is 0 Å². The lowest BCUT2D eigenvalue weighted by molar-refractivity contribution is 0.303. The molecule has 0 atom stereocenters. The van der Waals surface area contributed by atoms with Gasteiger partial charge in [-0.1, -0.05) is 46.1 Å². The molecule has 0 N–H and O–H groups in total. The minimum absolute atomic E-state index is 0.547. The zero-order valence-electron chi connectivity index (χ0n) is 11.1. The number of halogens is 1. The molecule has 1 nitrogen and oxygen atoms in total. The summed E-state index contributed by atoms with van der Waals surface area (Å²) < 4.78 is 6.88. The number of hydrogen-bond acceptors (Lipinski definition) is 1. The van der Waals surface area contributed by atoms with Gasteiger partial charge < -0.3 is 4.74 Å². The van der Waals surface area contributed by atoms with E-state index in [9.17, 15) is 0 Å². The lowest BCUT2D eigenvalue weighted by atomic mass is 10.0. The molecule has 0 aliphatic heterocycles. The Labute approximate surface area is 114 Å². The lowest BCUT2D eigenvalue weighted by Gasteiger charge is -2.11. The Bertz CT molecular complexity index is 334. The molecule has 0 radical (unpaired) electrons. The van der Waals surface area contributed by atoms with Crippen LogP contribution in [0.4, 0.5) is 0 Å². The van der Waals surface area contributed by atoms with Crippen LogP contribution in [0.15, 0.2) is 22.7 Å². The van der Waals surface area contributed by atoms with Crippen LogP contribution in [0.1, 0.15) is 57.9 Å². The molecule has 0 spiro atoms. The second kappa shape index (κ2) is 7.75. The Balaban J connectivity index is 2.49. The van der Waals surface area contributed by atoms with Gasteiger partial charge in [-0.3, -0.25) is 0 Å². The number of rotatable bonds is 7. The number of unbranched alkanes of at least 4 members (excludes halogenated alkanes) is 3. The van der Waals surface area contributed by atoms with E-state index in [1.54, 1.807) is 0 Å². The monoisotopic (exact) mass is 298 g/mol. The molecule has 0 aromatic heterocycles. The summed E-state index contributed by atoms with van der Waals surface area (Å²) >= 11 is 3.54. The summed E-state index contributed by atoms with van der Waals surface area (Å²) in [5, 5.41) is 0. The third-order valence-electron chi connectivity index (χ3n) is 2.88. The molecule has 2 heteroatoms. The number of ether oxygens (including phenoxy) is 1. The number of benzene rings is 1. The van der Waals surface area contributed by atoms with Gasteiger partial charge in [-0.25, -0.2) is 0 Å². The van der Waals surface area contributed by atoms with Gasteiger partial charge >= 0.3 is 0 Å². The van der Waals surface area contributed by atoms with E-state index in [-0.39, 0.29) is 0 Å². The molecule has 0 saturated carbocycles. The van der Waals surface area contributed by atoms with Crippen LogP contribution in [0.3, 0.4) is 0 Å². The summed E-state index contributed by atoms with van der Waals surface area (Å²) in [6.07, 6.45) is 4.98. The molecule has 96 valence electrons. The highest BCUT2D eigenvalue weighted by atomic mass is 79.9. The van der Waals surface area contributed by atoms with Crippen LogP contribution < -0.4 is 4.74 Å². The Morgan fingerprint density at radius 3 is 2.59 bits per heavy atom. The molecule has 0 fully saturated rings. The minimum atomic E-state index is 0.547. The van der Waals surface area contributed by atoms with E-state index >= 15 is 0 Å². The van der Waals surface area contributed by atoms with Crippen LogP contribution in [0.5, 0.6) is 5.75 Å². The maximum Gasteiger partial charge on any atom is 0.133 e. The maximum absolute atomic E-state index is 5.83. The summed E-state index contributed by atoms with van der Waals surface area (Å²) in [5.74, 6) is 1.53. The molecule has 1 aromatic carbocycles. The summed E-state index contributed by atoms with van der Waals surface area (Å²) in [6, 6.07) is 6.38. The van der Waals surface area contributed by atoms with Gasteiger partial charge in [0, 0.05) is 0 Å². The highest BCUT2D eigenvalue weighted by Crippen LogP contribution is 2.29. The lowest BCUT2D eigenvalue weighted by Crippen LogP contribution is -1.99. The highest BCUT2D eigenvalue weighted by molar-refractivity contribution is 9.10. The second-order valence-electron chi connectivity index (χ2n) is 4.75. The molecule has 0 aliphatic rings. The van der Waals surface area contributed by atoms with Crippen LogP contribution in [-0.4, -0.2) is 6.61 Å². The molecule has 0 heterocycles. The van der Waals surface area contributed by atoms with Gasteiger partial charge in [0.25, 0.3) is 0 Å². The fraction of sp³-hybridized carbons (Fsp3) is 0.600. The zero-order chi connectivity index (χ0) is 12.7. The van der Waals surface area contributed by atoms with E-state index < -0.39 is 0 Å². The van der Waals surface area contributed by atoms with E-state index in [2.05, 4.69) is 54.9 Å². The third kappa shape index (κ3) is 5.12. The molecular formula is C15H23BrO. The van der Waals surface area contributed by atoms with Crippen molar-refractivity contribution in [3.63, 3.8) is 0 Å². The molecule has 0 unspecified atom stereocenters. The van der Waals surface area contributed by atoms with Crippen molar-refractivity contribution in [2.45, 2.75) is 52.4 Å². The van der Waals surface area contributed by atoms with Gasteiger partial charge in [-0.2, -0.15) is 0 Å².